The maximum atomic E-state index is 13.8. The number of amides is 5. The largest absolute Gasteiger partial charge is 0.492 e. The van der Waals surface area contributed by atoms with Gasteiger partial charge >= 0.3 is 0 Å². The lowest BCUT2D eigenvalue weighted by Gasteiger charge is -2.34. The Kier molecular flexibility index (Phi) is 11.4. The summed E-state index contributed by atoms with van der Waals surface area (Å²) in [5, 5.41) is 14.1. The lowest BCUT2D eigenvalue weighted by molar-refractivity contribution is -0.134. The van der Waals surface area contributed by atoms with Gasteiger partial charge in [0.1, 0.15) is 36.0 Å². The monoisotopic (exact) mass is 709 g/mol. The lowest BCUT2D eigenvalue weighted by atomic mass is 10.0. The summed E-state index contributed by atoms with van der Waals surface area (Å²) in [6.07, 6.45) is 1.26. The molecule has 0 radical (unpaired) electrons. The van der Waals surface area contributed by atoms with Crippen LogP contribution in [0.3, 0.4) is 0 Å². The number of piperazine rings is 1. The van der Waals surface area contributed by atoms with Crippen LogP contribution in [0.4, 0.5) is 5.69 Å². The Morgan fingerprint density at radius 1 is 0.846 bits per heavy atom. The highest BCUT2D eigenvalue weighted by Gasteiger charge is 2.51. The third-order valence-corrected chi connectivity index (χ3v) is 9.85. The van der Waals surface area contributed by atoms with E-state index in [9.17, 15) is 24.0 Å². The standard InChI is InChI=1S/C39H47N7O6/c1-26-34(47)42-33(24-27-6-4-3-5-7-27)37(50)44-39(16-17-39)38(51)40-18-23-52-31-14-8-28(9-15-31)25-32(36(49)41-26)43-35(48)29-10-12-30(13-11-29)46-21-19-45(2)20-22-46/h3-15,26,32-33H,16-25H2,1-2H3,(H,40,51)(H,41,49)(H,42,47)(H,43,48)(H,44,50)/t26-,32-,33+/m0/s1. The number of anilines is 1. The van der Waals surface area contributed by atoms with Crippen molar-refractivity contribution in [3.8, 4) is 5.75 Å². The van der Waals surface area contributed by atoms with Gasteiger partial charge in [0, 0.05) is 50.3 Å². The van der Waals surface area contributed by atoms with E-state index in [-0.39, 0.29) is 31.9 Å². The fourth-order valence-electron chi connectivity index (χ4n) is 6.39. The molecule has 3 aromatic carbocycles. The van der Waals surface area contributed by atoms with Gasteiger partial charge in [-0.15, -0.1) is 0 Å². The van der Waals surface area contributed by atoms with Crippen LogP contribution in [0, 0.1) is 0 Å². The van der Waals surface area contributed by atoms with Crippen LogP contribution >= 0.6 is 0 Å². The topological polar surface area (TPSA) is 161 Å². The van der Waals surface area contributed by atoms with Gasteiger partial charge in [0.15, 0.2) is 0 Å². The summed E-state index contributed by atoms with van der Waals surface area (Å²) >= 11 is 0. The number of fused-ring (bicyclic) bond motifs is 15. The molecule has 2 bridgehead atoms. The molecule has 3 aromatic rings. The highest BCUT2D eigenvalue weighted by atomic mass is 16.5. The Bertz CT molecular complexity index is 1740. The number of hydrogen-bond donors (Lipinski definition) is 5. The third kappa shape index (κ3) is 9.26. The van der Waals surface area contributed by atoms with Gasteiger partial charge in [-0.25, -0.2) is 0 Å². The second-order valence-electron chi connectivity index (χ2n) is 13.9. The first kappa shape index (κ1) is 36.4. The summed E-state index contributed by atoms with van der Waals surface area (Å²) < 4.78 is 5.83. The summed E-state index contributed by atoms with van der Waals surface area (Å²) in [6, 6.07) is 20.6. The minimum Gasteiger partial charge on any atom is -0.492 e. The molecule has 1 aliphatic carbocycles. The lowest BCUT2D eigenvalue weighted by Crippen LogP contribution is -2.59. The van der Waals surface area contributed by atoms with Crippen molar-refractivity contribution in [3.63, 3.8) is 0 Å². The van der Waals surface area contributed by atoms with Crippen LogP contribution in [0.25, 0.3) is 0 Å². The van der Waals surface area contributed by atoms with E-state index in [1.54, 1.807) is 24.3 Å². The second kappa shape index (κ2) is 16.3. The summed E-state index contributed by atoms with van der Waals surface area (Å²) in [4.78, 5) is 72.2. The number of ether oxygens (including phenoxy) is 1. The Hall–Kier alpha value is -5.43. The quantitative estimate of drug-likeness (QED) is 0.247. The zero-order valence-electron chi connectivity index (χ0n) is 29.7. The Morgan fingerprint density at radius 2 is 1.54 bits per heavy atom. The zero-order valence-corrected chi connectivity index (χ0v) is 29.7. The Morgan fingerprint density at radius 3 is 2.21 bits per heavy atom. The molecule has 274 valence electrons. The van der Waals surface area contributed by atoms with E-state index in [1.807, 2.05) is 54.6 Å². The number of hydrogen-bond acceptors (Lipinski definition) is 8. The molecule has 3 atom stereocenters. The minimum atomic E-state index is -1.06. The highest BCUT2D eigenvalue weighted by Crippen LogP contribution is 2.35. The van der Waals surface area contributed by atoms with Crippen LogP contribution in [0.1, 0.15) is 41.3 Å². The van der Waals surface area contributed by atoms with Gasteiger partial charge in [0.2, 0.25) is 23.6 Å². The average molecular weight is 710 g/mol. The first-order valence-corrected chi connectivity index (χ1v) is 17.9. The molecule has 2 fully saturated rings. The fourth-order valence-corrected chi connectivity index (χ4v) is 6.39. The van der Waals surface area contributed by atoms with Gasteiger partial charge in [0.05, 0.1) is 6.54 Å². The van der Waals surface area contributed by atoms with Crippen LogP contribution in [0.15, 0.2) is 78.9 Å². The first-order chi connectivity index (χ1) is 25.1. The molecule has 3 heterocycles. The van der Waals surface area contributed by atoms with E-state index in [0.29, 0.717) is 24.2 Å². The van der Waals surface area contributed by atoms with E-state index in [2.05, 4.69) is 43.4 Å². The summed E-state index contributed by atoms with van der Waals surface area (Å²) in [6.45, 7) is 5.67. The molecule has 0 aromatic heterocycles. The van der Waals surface area contributed by atoms with Crippen LogP contribution in [-0.2, 0) is 32.0 Å². The van der Waals surface area contributed by atoms with Gasteiger partial charge in [-0.3, -0.25) is 24.0 Å². The minimum absolute atomic E-state index is 0.142. The van der Waals surface area contributed by atoms with Gasteiger partial charge in [-0.2, -0.15) is 0 Å². The van der Waals surface area contributed by atoms with Crippen molar-refractivity contribution in [2.45, 2.75) is 56.3 Å². The number of nitrogens with zero attached hydrogens (tertiary/aromatic N) is 2. The summed E-state index contributed by atoms with van der Waals surface area (Å²) in [7, 11) is 2.10. The molecule has 13 heteroatoms. The normalized spacial score (nSPS) is 23.0. The maximum absolute atomic E-state index is 13.8. The molecule has 13 nitrogen and oxygen atoms in total. The Labute approximate surface area is 303 Å². The molecule has 3 aliphatic heterocycles. The molecule has 1 saturated carbocycles. The zero-order chi connectivity index (χ0) is 36.7. The molecular weight excluding hydrogens is 662 g/mol. The molecule has 1 saturated heterocycles. The van der Waals surface area contributed by atoms with Gasteiger partial charge in [0.25, 0.3) is 5.91 Å². The van der Waals surface area contributed by atoms with E-state index >= 15 is 0 Å². The van der Waals surface area contributed by atoms with Gasteiger partial charge < -0.3 is 41.1 Å². The van der Waals surface area contributed by atoms with Gasteiger partial charge in [-0.05, 0) is 74.3 Å². The van der Waals surface area contributed by atoms with E-state index in [0.717, 1.165) is 43.0 Å². The summed E-state index contributed by atoms with van der Waals surface area (Å²) in [5.41, 5.74) is 1.94. The van der Waals surface area contributed by atoms with Crippen LogP contribution in [0.5, 0.6) is 5.75 Å². The molecule has 5 N–H and O–H groups in total. The molecule has 52 heavy (non-hydrogen) atoms. The van der Waals surface area contributed by atoms with Crippen LogP contribution < -0.4 is 36.2 Å². The molecule has 4 aliphatic rings. The SMILES string of the molecule is C[C@@H]1NC(=O)[C@@H](NC(=O)c2ccc(N3CCN(C)CC3)cc2)Cc2ccc(cc2)OCCNC(=O)C2(CC2)NC(=O)[C@@H](Cc2ccccc2)NC1=O. The predicted octanol–water partition coefficient (Wildman–Crippen LogP) is 1.17. The Balaban J connectivity index is 1.20. The van der Waals surface area contributed by atoms with Crippen LogP contribution in [-0.4, -0.2) is 104 Å². The number of nitrogens with one attached hydrogen (secondary N) is 5. The van der Waals surface area contributed by atoms with E-state index in [4.69, 9.17) is 4.74 Å². The van der Waals surface area contributed by atoms with Crippen molar-refractivity contribution in [1.82, 2.24) is 31.5 Å². The van der Waals surface area contributed by atoms with Crippen molar-refractivity contribution in [1.29, 1.82) is 0 Å². The number of carbonyl (C=O) groups excluding carboxylic acids is 5. The fraction of sp³-hybridized carbons (Fsp3) is 0.410. The molecular formula is C39H47N7O6. The van der Waals surface area contributed by atoms with E-state index < -0.39 is 47.3 Å². The van der Waals surface area contributed by atoms with Crippen molar-refractivity contribution >= 4 is 35.2 Å². The van der Waals surface area contributed by atoms with Crippen molar-refractivity contribution in [2.24, 2.45) is 0 Å². The van der Waals surface area contributed by atoms with E-state index in [1.165, 1.54) is 6.92 Å². The second-order valence-corrected chi connectivity index (χ2v) is 13.9. The molecule has 1 spiro atoms. The average Bonchev–Trinajstić information content (AvgIpc) is 3.94. The first-order valence-electron chi connectivity index (χ1n) is 17.9. The number of benzene rings is 3. The van der Waals surface area contributed by atoms with Crippen molar-refractivity contribution in [2.75, 3.05) is 51.3 Å². The molecule has 5 amide bonds. The van der Waals surface area contributed by atoms with Crippen LogP contribution in [0.2, 0.25) is 0 Å². The molecule has 7 rings (SSSR count). The number of rotatable bonds is 5. The predicted molar refractivity (Wildman–Crippen MR) is 196 cm³/mol. The molecule has 0 unspecified atom stereocenters. The van der Waals surface area contributed by atoms with Gasteiger partial charge in [-0.1, -0.05) is 42.5 Å². The highest BCUT2D eigenvalue weighted by molar-refractivity contribution is 6.00. The number of likely N-dealkylation sites (N-methyl/N-ethyl adjacent to an activating group) is 1. The number of carbonyl (C=O) groups is 5. The smallest absolute Gasteiger partial charge is 0.251 e. The summed E-state index contributed by atoms with van der Waals surface area (Å²) in [5.74, 6) is -1.80. The third-order valence-electron chi connectivity index (χ3n) is 9.85. The van der Waals surface area contributed by atoms with Crippen molar-refractivity contribution < 1.29 is 28.7 Å². The maximum Gasteiger partial charge on any atom is 0.251 e. The van der Waals surface area contributed by atoms with Crippen molar-refractivity contribution in [3.05, 3.63) is 95.6 Å².